The van der Waals surface area contributed by atoms with E-state index in [-0.39, 0.29) is 9.79 Å². The van der Waals surface area contributed by atoms with E-state index in [9.17, 15) is 21.6 Å². The molecule has 0 saturated heterocycles. The number of nitrogens with one attached hydrogen (secondary N) is 2. The molecule has 0 aliphatic carbocycles. The average molecular weight is 415 g/mol. The van der Waals surface area contributed by atoms with E-state index in [4.69, 9.17) is 11.6 Å². The summed E-state index contributed by atoms with van der Waals surface area (Å²) in [6.07, 6.45) is 2.40. The van der Waals surface area contributed by atoms with Crippen LogP contribution in [0, 0.1) is 0 Å². The highest BCUT2D eigenvalue weighted by Crippen LogP contribution is 2.14. The van der Waals surface area contributed by atoms with Gasteiger partial charge in [-0.2, -0.15) is 0 Å². The Kier molecular flexibility index (Phi) is 6.19. The standard InChI is InChI=1S/C16H15ClN2O5S2/c1-18-25(21,22)14-7-2-12(3-8-14)4-11-16(20)19-26(23,24)15-9-5-13(17)6-10-15/h2-11,18H,1H3,(H,19,20). The van der Waals surface area contributed by atoms with Crippen LogP contribution < -0.4 is 9.44 Å². The molecule has 0 aliphatic rings. The summed E-state index contributed by atoms with van der Waals surface area (Å²) in [7, 11) is -6.25. The van der Waals surface area contributed by atoms with Crippen molar-refractivity contribution in [1.82, 2.24) is 9.44 Å². The number of amides is 1. The van der Waals surface area contributed by atoms with Gasteiger partial charge in [-0.3, -0.25) is 4.79 Å². The zero-order valence-corrected chi connectivity index (χ0v) is 15.9. The third-order valence-electron chi connectivity index (χ3n) is 3.25. The number of sulfonamides is 2. The fourth-order valence-electron chi connectivity index (χ4n) is 1.89. The van der Waals surface area contributed by atoms with Crippen molar-refractivity contribution >= 4 is 43.6 Å². The summed E-state index contributed by atoms with van der Waals surface area (Å²) < 4.78 is 51.5. The molecule has 0 aromatic heterocycles. The van der Waals surface area contributed by atoms with Crippen molar-refractivity contribution in [2.24, 2.45) is 0 Å². The molecule has 0 spiro atoms. The van der Waals surface area contributed by atoms with E-state index in [1.54, 1.807) is 0 Å². The third kappa shape index (κ3) is 5.15. The van der Waals surface area contributed by atoms with E-state index in [0.717, 1.165) is 6.08 Å². The lowest BCUT2D eigenvalue weighted by Crippen LogP contribution is -2.28. The van der Waals surface area contributed by atoms with Crippen LogP contribution in [0.25, 0.3) is 6.08 Å². The molecule has 2 rings (SSSR count). The lowest BCUT2D eigenvalue weighted by atomic mass is 10.2. The Hall–Kier alpha value is -2.20. The molecule has 0 atom stereocenters. The Labute approximate surface area is 156 Å². The maximum Gasteiger partial charge on any atom is 0.264 e. The Morgan fingerprint density at radius 1 is 0.885 bits per heavy atom. The van der Waals surface area contributed by atoms with E-state index in [1.807, 2.05) is 4.72 Å². The minimum atomic E-state index is -4.01. The molecule has 2 N–H and O–H groups in total. The van der Waals surface area contributed by atoms with Crippen molar-refractivity contribution < 1.29 is 21.6 Å². The summed E-state index contributed by atoms with van der Waals surface area (Å²) in [5.74, 6) is -0.841. The van der Waals surface area contributed by atoms with Crippen LogP contribution in [0.3, 0.4) is 0 Å². The first-order valence-corrected chi connectivity index (χ1v) is 10.5. The molecular weight excluding hydrogens is 400 g/mol. The minimum Gasteiger partial charge on any atom is -0.269 e. The quantitative estimate of drug-likeness (QED) is 0.700. The summed E-state index contributed by atoms with van der Waals surface area (Å²) in [5, 5.41) is 0.374. The van der Waals surface area contributed by atoms with Gasteiger partial charge in [0.1, 0.15) is 0 Å². The molecule has 26 heavy (non-hydrogen) atoms. The lowest BCUT2D eigenvalue weighted by Gasteiger charge is -2.05. The fourth-order valence-corrected chi connectivity index (χ4v) is 3.69. The van der Waals surface area contributed by atoms with E-state index >= 15 is 0 Å². The topological polar surface area (TPSA) is 109 Å². The summed E-state index contributed by atoms with van der Waals surface area (Å²) in [4.78, 5) is 11.8. The van der Waals surface area contributed by atoms with Crippen LogP contribution in [0.5, 0.6) is 0 Å². The maximum atomic E-state index is 12.1. The smallest absolute Gasteiger partial charge is 0.264 e. The molecule has 0 saturated carbocycles. The number of halogens is 1. The van der Waals surface area contributed by atoms with Crippen molar-refractivity contribution in [2.75, 3.05) is 7.05 Å². The highest BCUT2D eigenvalue weighted by molar-refractivity contribution is 7.90. The molecule has 0 heterocycles. The van der Waals surface area contributed by atoms with Crippen LogP contribution in [0.4, 0.5) is 0 Å². The Morgan fingerprint density at radius 3 is 1.92 bits per heavy atom. The van der Waals surface area contributed by atoms with Gasteiger partial charge in [0.05, 0.1) is 9.79 Å². The Bertz CT molecular complexity index is 1030. The predicted molar refractivity (Wildman–Crippen MR) is 98.5 cm³/mol. The second-order valence-electron chi connectivity index (χ2n) is 5.03. The van der Waals surface area contributed by atoms with Gasteiger partial charge < -0.3 is 0 Å². The molecule has 138 valence electrons. The summed E-state index contributed by atoms with van der Waals surface area (Å²) in [6.45, 7) is 0. The molecule has 7 nitrogen and oxygen atoms in total. The molecule has 2 aromatic carbocycles. The molecule has 0 unspecified atom stereocenters. The number of carbonyl (C=O) groups is 1. The number of hydrogen-bond donors (Lipinski definition) is 2. The molecule has 0 bridgehead atoms. The first-order chi connectivity index (χ1) is 12.1. The van der Waals surface area contributed by atoms with Gasteiger partial charge in [-0.15, -0.1) is 0 Å². The van der Waals surface area contributed by atoms with Gasteiger partial charge in [0, 0.05) is 11.1 Å². The number of benzene rings is 2. The SMILES string of the molecule is CNS(=O)(=O)c1ccc(C=CC(=O)NS(=O)(=O)c2ccc(Cl)cc2)cc1. The zero-order chi connectivity index (χ0) is 19.4. The Morgan fingerprint density at radius 2 is 1.38 bits per heavy atom. The summed E-state index contributed by atoms with van der Waals surface area (Å²) in [6, 6.07) is 11.1. The largest absolute Gasteiger partial charge is 0.269 e. The minimum absolute atomic E-state index is 0.0758. The summed E-state index contributed by atoms with van der Waals surface area (Å²) >= 11 is 5.70. The molecule has 2 aromatic rings. The molecular formula is C16H15ClN2O5S2. The third-order valence-corrected chi connectivity index (χ3v) is 6.29. The van der Waals surface area contributed by atoms with Crippen LogP contribution in [0.1, 0.15) is 5.56 Å². The molecule has 0 radical (unpaired) electrons. The van der Waals surface area contributed by atoms with Gasteiger partial charge in [0.2, 0.25) is 10.0 Å². The van der Waals surface area contributed by atoms with Gasteiger partial charge >= 0.3 is 0 Å². The van der Waals surface area contributed by atoms with Crippen molar-refractivity contribution in [2.45, 2.75) is 9.79 Å². The van der Waals surface area contributed by atoms with Gasteiger partial charge in [0.25, 0.3) is 15.9 Å². The van der Waals surface area contributed by atoms with Crippen LogP contribution in [0.2, 0.25) is 5.02 Å². The molecule has 0 aliphatic heterocycles. The van der Waals surface area contributed by atoms with E-state index in [1.165, 1.54) is 61.7 Å². The van der Waals surface area contributed by atoms with Crippen LogP contribution >= 0.6 is 11.6 Å². The van der Waals surface area contributed by atoms with Crippen molar-refractivity contribution in [1.29, 1.82) is 0 Å². The van der Waals surface area contributed by atoms with Gasteiger partial charge in [-0.1, -0.05) is 23.7 Å². The van der Waals surface area contributed by atoms with E-state index in [2.05, 4.69) is 4.72 Å². The summed E-state index contributed by atoms with van der Waals surface area (Å²) in [5.41, 5.74) is 0.527. The van der Waals surface area contributed by atoms with Crippen molar-refractivity contribution in [3.8, 4) is 0 Å². The average Bonchev–Trinajstić information content (AvgIpc) is 2.60. The van der Waals surface area contributed by atoms with Gasteiger partial charge in [0.15, 0.2) is 0 Å². The van der Waals surface area contributed by atoms with Crippen molar-refractivity contribution in [3.05, 3.63) is 65.2 Å². The number of rotatable bonds is 6. The normalized spacial score (nSPS) is 12.2. The lowest BCUT2D eigenvalue weighted by molar-refractivity contribution is -0.114. The highest BCUT2D eigenvalue weighted by atomic mass is 35.5. The van der Waals surface area contributed by atoms with Crippen LogP contribution in [-0.2, 0) is 24.8 Å². The van der Waals surface area contributed by atoms with Crippen LogP contribution in [-0.4, -0.2) is 29.8 Å². The molecule has 10 heteroatoms. The second kappa shape index (κ2) is 8.00. The van der Waals surface area contributed by atoms with E-state index < -0.39 is 26.0 Å². The Balaban J connectivity index is 2.08. The fraction of sp³-hybridized carbons (Fsp3) is 0.0625. The maximum absolute atomic E-state index is 12.1. The van der Waals surface area contributed by atoms with Crippen LogP contribution in [0.15, 0.2) is 64.4 Å². The molecule has 1 amide bonds. The second-order valence-corrected chi connectivity index (χ2v) is 9.04. The van der Waals surface area contributed by atoms with Crippen molar-refractivity contribution in [3.63, 3.8) is 0 Å². The number of hydrogen-bond acceptors (Lipinski definition) is 5. The predicted octanol–water partition coefficient (Wildman–Crippen LogP) is 1.77. The van der Waals surface area contributed by atoms with E-state index in [0.29, 0.717) is 10.6 Å². The first-order valence-electron chi connectivity index (χ1n) is 7.18. The highest BCUT2D eigenvalue weighted by Gasteiger charge is 2.16. The van der Waals surface area contributed by atoms with Gasteiger partial charge in [-0.25, -0.2) is 26.3 Å². The molecule has 0 fully saturated rings. The number of carbonyl (C=O) groups excluding carboxylic acids is 1. The first kappa shape index (κ1) is 20.1. The zero-order valence-electron chi connectivity index (χ0n) is 13.5. The van der Waals surface area contributed by atoms with Gasteiger partial charge in [-0.05, 0) is 55.1 Å². The monoisotopic (exact) mass is 414 g/mol.